The van der Waals surface area contributed by atoms with Crippen molar-refractivity contribution in [1.29, 1.82) is 0 Å². The molecule has 6 atom stereocenters. The number of aliphatic hydroxyl groups is 1. The van der Waals surface area contributed by atoms with Gasteiger partial charge >= 0.3 is 0 Å². The monoisotopic (exact) mass is 599 g/mol. The molecule has 3 aliphatic rings. The normalized spacial score (nSPS) is 28.6. The number of carbonyl (C=O) groups is 3. The van der Waals surface area contributed by atoms with Gasteiger partial charge < -0.3 is 24.5 Å². The van der Waals surface area contributed by atoms with E-state index in [-0.39, 0.29) is 49.9 Å². The van der Waals surface area contributed by atoms with Crippen molar-refractivity contribution in [3.63, 3.8) is 0 Å². The van der Waals surface area contributed by atoms with Gasteiger partial charge in [0.05, 0.1) is 17.4 Å². The maximum Gasteiger partial charge on any atom is 0.253 e. The number of amides is 3. The summed E-state index contributed by atoms with van der Waals surface area (Å²) in [7, 11) is 0. The van der Waals surface area contributed by atoms with Crippen LogP contribution in [-0.4, -0.2) is 71.2 Å². The molecule has 2 aromatic rings. The van der Waals surface area contributed by atoms with E-state index >= 15 is 0 Å². The van der Waals surface area contributed by atoms with Gasteiger partial charge in [0.25, 0.3) is 5.91 Å². The molecule has 3 saturated heterocycles. The first kappa shape index (κ1) is 31.7. The highest BCUT2D eigenvalue weighted by Crippen LogP contribution is 2.65. The summed E-state index contributed by atoms with van der Waals surface area (Å²) in [6, 6.07) is 14.4. The number of ether oxygens (including phenoxy) is 1. The van der Waals surface area contributed by atoms with E-state index in [9.17, 15) is 19.5 Å². The molecule has 8 heteroatoms. The minimum atomic E-state index is -1.17. The molecule has 3 fully saturated rings. The quantitative estimate of drug-likeness (QED) is 0.279. The van der Waals surface area contributed by atoms with Crippen LogP contribution in [0.5, 0.6) is 0 Å². The number of hydrogen-bond acceptors (Lipinski definition) is 5. The van der Waals surface area contributed by atoms with Crippen LogP contribution in [0.25, 0.3) is 0 Å². The fraction of sp³-hybridized carbons (Fsp3) is 0.472. The lowest BCUT2D eigenvalue weighted by molar-refractivity contribution is -0.145. The molecule has 3 unspecified atom stereocenters. The van der Waals surface area contributed by atoms with E-state index in [4.69, 9.17) is 4.74 Å². The molecule has 1 spiro atoms. The average molecular weight is 600 g/mol. The van der Waals surface area contributed by atoms with Gasteiger partial charge in [-0.15, -0.1) is 13.2 Å². The number of aryl methyl sites for hydroxylation is 2. The largest absolute Gasteiger partial charge is 0.396 e. The minimum Gasteiger partial charge on any atom is -0.396 e. The Balaban J connectivity index is 1.63. The van der Waals surface area contributed by atoms with E-state index < -0.39 is 29.1 Å². The van der Waals surface area contributed by atoms with Gasteiger partial charge in [0.1, 0.15) is 11.6 Å². The number of likely N-dealkylation sites (tertiary alicyclic amines) is 1. The van der Waals surface area contributed by atoms with Gasteiger partial charge in [0.2, 0.25) is 11.8 Å². The third-order valence-electron chi connectivity index (χ3n) is 10.0. The second-order valence-corrected chi connectivity index (χ2v) is 12.8. The number of carbonyl (C=O) groups excluding carboxylic acids is 3. The smallest absolute Gasteiger partial charge is 0.253 e. The van der Waals surface area contributed by atoms with Crippen LogP contribution in [0.1, 0.15) is 44.2 Å². The third kappa shape index (κ3) is 4.98. The Morgan fingerprint density at radius 2 is 1.73 bits per heavy atom. The Morgan fingerprint density at radius 1 is 1.05 bits per heavy atom. The lowest BCUT2D eigenvalue weighted by Crippen LogP contribution is -2.57. The van der Waals surface area contributed by atoms with E-state index in [0.717, 1.165) is 22.5 Å². The minimum absolute atomic E-state index is 0.0133. The van der Waals surface area contributed by atoms with E-state index in [0.29, 0.717) is 19.3 Å². The number of aliphatic hydroxyl groups excluding tert-OH is 1. The fourth-order valence-electron chi connectivity index (χ4n) is 7.85. The van der Waals surface area contributed by atoms with Gasteiger partial charge in [0.15, 0.2) is 0 Å². The fourth-order valence-corrected chi connectivity index (χ4v) is 7.85. The van der Waals surface area contributed by atoms with Gasteiger partial charge in [-0.3, -0.25) is 14.4 Å². The zero-order valence-corrected chi connectivity index (χ0v) is 26.4. The van der Waals surface area contributed by atoms with Gasteiger partial charge in [-0.1, -0.05) is 49.4 Å². The molecule has 5 rings (SSSR count). The Hall–Kier alpha value is -3.75. The Bertz CT molecular complexity index is 1440. The van der Waals surface area contributed by atoms with Crippen molar-refractivity contribution in [3.05, 3.63) is 85.0 Å². The number of hydrogen-bond donors (Lipinski definition) is 1. The average Bonchev–Trinajstić information content (AvgIpc) is 3.52. The van der Waals surface area contributed by atoms with Gasteiger partial charge in [-0.05, 0) is 75.3 Å². The molecule has 234 valence electrons. The van der Waals surface area contributed by atoms with Crippen LogP contribution in [-0.2, 0) is 19.1 Å². The first-order chi connectivity index (χ1) is 21.0. The molecule has 8 nitrogen and oxygen atoms in total. The first-order valence-electron chi connectivity index (χ1n) is 15.6. The molecule has 0 aromatic heterocycles. The number of unbranched alkanes of at least 4 members (excludes halogenated alkanes) is 1. The summed E-state index contributed by atoms with van der Waals surface area (Å²) in [5.74, 6) is -2.37. The second-order valence-electron chi connectivity index (χ2n) is 12.8. The molecular weight excluding hydrogens is 554 g/mol. The van der Waals surface area contributed by atoms with Crippen molar-refractivity contribution in [2.45, 2.75) is 64.2 Å². The molecule has 0 aliphatic carbocycles. The summed E-state index contributed by atoms with van der Waals surface area (Å²) in [5.41, 5.74) is 1.32. The first-order valence-corrected chi connectivity index (χ1v) is 15.6. The molecule has 3 aliphatic heterocycles. The molecule has 1 N–H and O–H groups in total. The summed E-state index contributed by atoms with van der Waals surface area (Å²) in [4.78, 5) is 49.2. The molecule has 0 radical (unpaired) electrons. The number of benzene rings is 2. The zero-order valence-electron chi connectivity index (χ0n) is 26.4. The highest BCUT2D eigenvalue weighted by molar-refractivity contribution is 6.07. The second kappa shape index (κ2) is 12.3. The molecule has 3 heterocycles. The van der Waals surface area contributed by atoms with Crippen LogP contribution in [0.15, 0.2) is 73.8 Å². The summed E-state index contributed by atoms with van der Waals surface area (Å²) in [6.45, 7) is 16.6. The maximum atomic E-state index is 14.9. The highest BCUT2D eigenvalue weighted by atomic mass is 16.5. The van der Waals surface area contributed by atoms with Crippen molar-refractivity contribution >= 4 is 29.1 Å². The van der Waals surface area contributed by atoms with Crippen molar-refractivity contribution in [2.24, 2.45) is 17.8 Å². The topological polar surface area (TPSA) is 90.4 Å². The van der Waals surface area contributed by atoms with E-state index in [2.05, 4.69) is 20.1 Å². The van der Waals surface area contributed by atoms with Gasteiger partial charge in [-0.2, -0.15) is 0 Å². The molecule has 0 saturated carbocycles. The summed E-state index contributed by atoms with van der Waals surface area (Å²) < 4.78 is 6.98. The van der Waals surface area contributed by atoms with Crippen molar-refractivity contribution < 1.29 is 24.2 Å². The number of anilines is 2. The lowest BCUT2D eigenvalue weighted by atomic mass is 9.62. The van der Waals surface area contributed by atoms with Crippen LogP contribution in [0, 0.1) is 31.6 Å². The number of nitrogens with zero attached hydrogens (tertiary/aromatic N) is 3. The SMILES string of the molecule is C=CCN(C(=O)[C@H]1[C@H]2C(=O)N(CCCCO)C(C(=O)N(CC=C)c3cc(C)ccc3C)C23CC(C)[C@]1(C)O3)c1ccccc1. The number of rotatable bonds is 12. The zero-order chi connectivity index (χ0) is 31.8. The van der Waals surface area contributed by atoms with Crippen LogP contribution >= 0.6 is 0 Å². The van der Waals surface area contributed by atoms with Crippen molar-refractivity contribution in [1.82, 2.24) is 4.90 Å². The van der Waals surface area contributed by atoms with Crippen LogP contribution < -0.4 is 9.80 Å². The number of fused-ring (bicyclic) bond motifs is 1. The Kier molecular flexibility index (Phi) is 8.87. The third-order valence-corrected chi connectivity index (χ3v) is 10.0. The van der Waals surface area contributed by atoms with E-state index in [1.807, 2.05) is 69.3 Å². The van der Waals surface area contributed by atoms with Crippen LogP contribution in [0.3, 0.4) is 0 Å². The molecular formula is C36H45N3O5. The van der Waals surface area contributed by atoms with Crippen LogP contribution in [0.2, 0.25) is 0 Å². The number of para-hydroxylation sites is 1. The van der Waals surface area contributed by atoms with E-state index in [1.54, 1.807) is 26.9 Å². The lowest BCUT2D eigenvalue weighted by Gasteiger charge is -2.39. The van der Waals surface area contributed by atoms with Gasteiger partial charge in [0, 0.05) is 37.6 Å². The molecule has 2 bridgehead atoms. The maximum absolute atomic E-state index is 14.9. The van der Waals surface area contributed by atoms with E-state index in [1.165, 1.54) is 0 Å². The molecule has 3 amide bonds. The molecule has 2 aromatic carbocycles. The van der Waals surface area contributed by atoms with Crippen LogP contribution in [0.4, 0.5) is 11.4 Å². The summed E-state index contributed by atoms with van der Waals surface area (Å²) in [5, 5.41) is 9.54. The summed E-state index contributed by atoms with van der Waals surface area (Å²) in [6.07, 6.45) is 4.88. The Morgan fingerprint density at radius 3 is 2.39 bits per heavy atom. The standard InChI is InChI=1S/C36H45N3O5/c1-7-18-37(27-14-10-9-11-15-27)32(41)29-30-33(42)39(20-12-13-21-40)31(36(30)23-26(5)35(29,6)44-36)34(43)38(19-8-2)28-22-24(3)16-17-25(28)4/h7-11,14-17,22,26,29-31,40H,1-2,12-13,18-21,23H2,3-6H3/t26?,29-,30+,31?,35+,36?/m1/s1. The summed E-state index contributed by atoms with van der Waals surface area (Å²) >= 11 is 0. The van der Waals surface area contributed by atoms with Gasteiger partial charge in [-0.25, -0.2) is 0 Å². The van der Waals surface area contributed by atoms with Crippen molar-refractivity contribution in [2.75, 3.05) is 36.0 Å². The highest BCUT2D eigenvalue weighted by Gasteiger charge is 2.80. The van der Waals surface area contributed by atoms with Crippen molar-refractivity contribution in [3.8, 4) is 0 Å². The predicted molar refractivity (Wildman–Crippen MR) is 172 cm³/mol. The predicted octanol–water partition coefficient (Wildman–Crippen LogP) is 4.82. The molecule has 44 heavy (non-hydrogen) atoms. The Labute approximate surface area is 261 Å².